The number of para-hydroxylation sites is 1. The summed E-state index contributed by atoms with van der Waals surface area (Å²) in [6.07, 6.45) is 0. The van der Waals surface area contributed by atoms with Crippen molar-refractivity contribution in [3.63, 3.8) is 0 Å². The lowest BCUT2D eigenvalue weighted by atomic mass is 10.1. The largest absolute Gasteiger partial charge is 0.323 e. The summed E-state index contributed by atoms with van der Waals surface area (Å²) in [4.78, 5) is 12.0. The van der Waals surface area contributed by atoms with Crippen LogP contribution in [-0.2, 0) is 0 Å². The van der Waals surface area contributed by atoms with Crippen molar-refractivity contribution in [1.82, 2.24) is 0 Å². The predicted molar refractivity (Wildman–Crippen MR) is 76.3 cm³/mol. The van der Waals surface area contributed by atoms with Crippen LogP contribution in [0, 0.1) is 11.6 Å². The maximum atomic E-state index is 13.6. The molecule has 0 aromatic heterocycles. The molecular formula is C13H10BrF2N3O. The molecule has 0 spiro atoms. The monoisotopic (exact) mass is 341 g/mol. The number of carbonyl (C=O) groups excluding carboxylic acids is 1. The van der Waals surface area contributed by atoms with Crippen LogP contribution in [0.1, 0.15) is 10.4 Å². The molecule has 0 fully saturated rings. The minimum atomic E-state index is -0.872. The number of amides is 1. The van der Waals surface area contributed by atoms with Gasteiger partial charge in [-0.2, -0.15) is 0 Å². The highest BCUT2D eigenvalue weighted by molar-refractivity contribution is 9.10. The third-order valence-electron chi connectivity index (χ3n) is 2.57. The molecule has 0 saturated carbocycles. The molecule has 7 heteroatoms. The molecule has 0 aliphatic carbocycles. The molecule has 104 valence electrons. The van der Waals surface area contributed by atoms with Gasteiger partial charge < -0.3 is 10.7 Å². The maximum Gasteiger partial charge on any atom is 0.257 e. The van der Waals surface area contributed by atoms with Gasteiger partial charge in [-0.15, -0.1) is 0 Å². The van der Waals surface area contributed by atoms with Crippen LogP contribution in [0.2, 0.25) is 0 Å². The van der Waals surface area contributed by atoms with Crippen molar-refractivity contribution >= 4 is 33.2 Å². The van der Waals surface area contributed by atoms with Gasteiger partial charge in [0.15, 0.2) is 11.6 Å². The standard InChI is InChI=1S/C13H10BrF2N3O/c14-7-5-9(15)12(10(16)6-7)18-13(20)8-3-1-2-4-11(8)19-17/h1-6,19H,17H2,(H,18,20). The molecule has 20 heavy (non-hydrogen) atoms. The molecule has 0 bridgehead atoms. The molecule has 2 aromatic rings. The number of nitrogen functional groups attached to an aromatic ring is 1. The third-order valence-corrected chi connectivity index (χ3v) is 3.03. The molecule has 0 heterocycles. The van der Waals surface area contributed by atoms with Crippen LogP contribution in [0.5, 0.6) is 0 Å². The van der Waals surface area contributed by atoms with Gasteiger partial charge >= 0.3 is 0 Å². The Kier molecular flexibility index (Phi) is 4.31. The Morgan fingerprint density at radius 3 is 2.35 bits per heavy atom. The Morgan fingerprint density at radius 2 is 1.75 bits per heavy atom. The number of nitrogens with two attached hydrogens (primary N) is 1. The lowest BCUT2D eigenvalue weighted by Gasteiger charge is -2.11. The van der Waals surface area contributed by atoms with Gasteiger partial charge in [0.05, 0.1) is 11.3 Å². The Balaban J connectivity index is 2.33. The zero-order valence-electron chi connectivity index (χ0n) is 10.1. The second-order valence-electron chi connectivity index (χ2n) is 3.89. The summed E-state index contributed by atoms with van der Waals surface area (Å²) in [5.74, 6) is 2.87. The average Bonchev–Trinajstić information content (AvgIpc) is 2.42. The summed E-state index contributed by atoms with van der Waals surface area (Å²) in [6.45, 7) is 0. The lowest BCUT2D eigenvalue weighted by molar-refractivity contribution is 0.102. The highest BCUT2D eigenvalue weighted by Crippen LogP contribution is 2.25. The van der Waals surface area contributed by atoms with E-state index in [9.17, 15) is 13.6 Å². The van der Waals surface area contributed by atoms with Gasteiger partial charge in [-0.25, -0.2) is 8.78 Å². The quantitative estimate of drug-likeness (QED) is 0.592. The number of benzene rings is 2. The third kappa shape index (κ3) is 2.94. The number of rotatable bonds is 3. The average molecular weight is 342 g/mol. The van der Waals surface area contributed by atoms with E-state index >= 15 is 0 Å². The SMILES string of the molecule is NNc1ccccc1C(=O)Nc1c(F)cc(Br)cc1F. The van der Waals surface area contributed by atoms with Crippen LogP contribution in [0.25, 0.3) is 0 Å². The topological polar surface area (TPSA) is 67.1 Å². The van der Waals surface area contributed by atoms with E-state index in [0.29, 0.717) is 5.69 Å². The van der Waals surface area contributed by atoms with E-state index < -0.39 is 23.2 Å². The highest BCUT2D eigenvalue weighted by Gasteiger charge is 2.16. The molecule has 2 aromatic carbocycles. The number of hydrazine groups is 1. The molecule has 0 saturated heterocycles. The molecular weight excluding hydrogens is 332 g/mol. The first-order chi connectivity index (χ1) is 9.52. The molecule has 4 nitrogen and oxygen atoms in total. The van der Waals surface area contributed by atoms with Crippen LogP contribution in [0.15, 0.2) is 40.9 Å². The zero-order chi connectivity index (χ0) is 14.7. The Bertz CT molecular complexity index is 641. The van der Waals surface area contributed by atoms with Crippen LogP contribution < -0.4 is 16.6 Å². The number of carbonyl (C=O) groups is 1. The van der Waals surface area contributed by atoms with Crippen LogP contribution in [0.3, 0.4) is 0 Å². The number of anilines is 2. The molecule has 2 rings (SSSR count). The predicted octanol–water partition coefficient (Wildman–Crippen LogP) is 3.27. The van der Waals surface area contributed by atoms with Crippen molar-refractivity contribution < 1.29 is 13.6 Å². The number of hydrogen-bond donors (Lipinski definition) is 3. The molecule has 0 aliphatic rings. The molecule has 0 radical (unpaired) electrons. The Labute approximate surface area is 122 Å². The second-order valence-corrected chi connectivity index (χ2v) is 4.80. The van der Waals surface area contributed by atoms with E-state index in [2.05, 4.69) is 26.7 Å². The molecule has 0 unspecified atom stereocenters. The van der Waals surface area contributed by atoms with E-state index in [-0.39, 0.29) is 10.0 Å². The first-order valence-electron chi connectivity index (χ1n) is 5.54. The van der Waals surface area contributed by atoms with Crippen molar-refractivity contribution in [3.05, 3.63) is 58.1 Å². The molecule has 0 aliphatic heterocycles. The highest BCUT2D eigenvalue weighted by atomic mass is 79.9. The number of halogens is 3. The van der Waals surface area contributed by atoms with Crippen molar-refractivity contribution in [2.24, 2.45) is 5.84 Å². The van der Waals surface area contributed by atoms with Gasteiger partial charge in [-0.05, 0) is 24.3 Å². The second kappa shape index (κ2) is 5.98. The first-order valence-corrected chi connectivity index (χ1v) is 6.33. The van der Waals surface area contributed by atoms with Gasteiger partial charge in [0.25, 0.3) is 5.91 Å². The number of hydrogen-bond acceptors (Lipinski definition) is 3. The lowest BCUT2D eigenvalue weighted by Crippen LogP contribution is -2.18. The van der Waals surface area contributed by atoms with E-state index in [0.717, 1.165) is 12.1 Å². The van der Waals surface area contributed by atoms with Crippen LogP contribution in [-0.4, -0.2) is 5.91 Å². The van der Waals surface area contributed by atoms with E-state index in [1.54, 1.807) is 18.2 Å². The van der Waals surface area contributed by atoms with E-state index in [1.165, 1.54) is 6.07 Å². The maximum absolute atomic E-state index is 13.6. The van der Waals surface area contributed by atoms with Gasteiger partial charge in [-0.3, -0.25) is 10.6 Å². The van der Waals surface area contributed by atoms with Crippen molar-refractivity contribution in [2.75, 3.05) is 10.7 Å². The van der Waals surface area contributed by atoms with Crippen LogP contribution in [0.4, 0.5) is 20.2 Å². The Hall–Kier alpha value is -1.99. The normalized spacial score (nSPS) is 10.2. The smallest absolute Gasteiger partial charge is 0.257 e. The van der Waals surface area contributed by atoms with Gasteiger partial charge in [0.2, 0.25) is 0 Å². The van der Waals surface area contributed by atoms with Crippen LogP contribution >= 0.6 is 15.9 Å². The minimum Gasteiger partial charge on any atom is -0.323 e. The minimum absolute atomic E-state index is 0.178. The van der Waals surface area contributed by atoms with E-state index in [1.807, 2.05) is 0 Å². The fraction of sp³-hybridized carbons (Fsp3) is 0. The van der Waals surface area contributed by atoms with Crippen molar-refractivity contribution in [1.29, 1.82) is 0 Å². The van der Waals surface area contributed by atoms with Gasteiger partial charge in [0, 0.05) is 4.47 Å². The van der Waals surface area contributed by atoms with Gasteiger partial charge in [0.1, 0.15) is 5.69 Å². The zero-order valence-corrected chi connectivity index (χ0v) is 11.7. The summed E-state index contributed by atoms with van der Waals surface area (Å²) >= 11 is 2.96. The van der Waals surface area contributed by atoms with E-state index in [4.69, 9.17) is 5.84 Å². The summed E-state index contributed by atoms with van der Waals surface area (Å²) < 4.78 is 27.5. The summed E-state index contributed by atoms with van der Waals surface area (Å²) in [7, 11) is 0. The molecule has 1 amide bonds. The molecule has 0 atom stereocenters. The van der Waals surface area contributed by atoms with Gasteiger partial charge in [-0.1, -0.05) is 28.1 Å². The molecule has 4 N–H and O–H groups in total. The fourth-order valence-electron chi connectivity index (χ4n) is 1.65. The summed E-state index contributed by atoms with van der Waals surface area (Å²) in [5, 5.41) is 2.19. The van der Waals surface area contributed by atoms with Crippen molar-refractivity contribution in [3.8, 4) is 0 Å². The summed E-state index contributed by atoms with van der Waals surface area (Å²) in [6, 6.07) is 8.47. The summed E-state index contributed by atoms with van der Waals surface area (Å²) in [5.41, 5.74) is 2.36. The van der Waals surface area contributed by atoms with Crippen molar-refractivity contribution in [2.45, 2.75) is 0 Å². The first kappa shape index (κ1) is 14.4. The Morgan fingerprint density at radius 1 is 1.15 bits per heavy atom. The number of nitrogens with one attached hydrogen (secondary N) is 2. The fourth-order valence-corrected chi connectivity index (χ4v) is 2.05.